The lowest BCUT2D eigenvalue weighted by atomic mass is 9.90. The summed E-state index contributed by atoms with van der Waals surface area (Å²) in [4.78, 5) is 24.8. The highest BCUT2D eigenvalue weighted by Crippen LogP contribution is 2.51. The van der Waals surface area contributed by atoms with Gasteiger partial charge in [-0.1, -0.05) is 84.0 Å². The van der Waals surface area contributed by atoms with Crippen molar-refractivity contribution in [2.75, 3.05) is 6.26 Å². The summed E-state index contributed by atoms with van der Waals surface area (Å²) in [6.07, 6.45) is 2.92. The van der Waals surface area contributed by atoms with Crippen LogP contribution < -0.4 is 10.0 Å². The first-order valence-corrected chi connectivity index (χ1v) is 18.1. The molecule has 0 bridgehead atoms. The number of ether oxygens (including phenoxy) is 1. The lowest BCUT2D eigenvalue weighted by Crippen LogP contribution is -2.32. The van der Waals surface area contributed by atoms with Crippen LogP contribution in [0.15, 0.2) is 83.4 Å². The van der Waals surface area contributed by atoms with Crippen molar-refractivity contribution in [3.63, 3.8) is 0 Å². The molecule has 11 nitrogen and oxygen atoms in total. The number of nitrogens with zero attached hydrogens (tertiary/aromatic N) is 1. The molecule has 1 aliphatic rings. The van der Waals surface area contributed by atoms with Gasteiger partial charge in [-0.2, -0.15) is 8.42 Å². The molecule has 4 aromatic rings. The van der Waals surface area contributed by atoms with Crippen LogP contribution in [-0.2, 0) is 41.7 Å². The number of aryl methyl sites for hydroxylation is 2. The number of sulfonamides is 1. The van der Waals surface area contributed by atoms with Gasteiger partial charge in [0.2, 0.25) is 26.2 Å². The third-order valence-corrected chi connectivity index (χ3v) is 9.07. The molecule has 1 saturated carbocycles. The summed E-state index contributed by atoms with van der Waals surface area (Å²) in [6.45, 7) is 1.76. The number of alkyl carbamates (subject to hydrolysis) is 1. The molecule has 0 saturated heterocycles. The van der Waals surface area contributed by atoms with Crippen molar-refractivity contribution in [3.05, 3.63) is 101 Å². The zero-order chi connectivity index (χ0) is 33.6. The van der Waals surface area contributed by atoms with Crippen LogP contribution in [0.4, 0.5) is 4.79 Å². The van der Waals surface area contributed by atoms with Gasteiger partial charge in [0.15, 0.2) is 5.76 Å². The molecule has 2 amide bonds. The Morgan fingerprint density at radius 3 is 2.19 bits per heavy atom. The maximum Gasteiger partial charge on any atom is 0.412 e. The Morgan fingerprint density at radius 2 is 1.60 bits per heavy atom. The third-order valence-electron chi connectivity index (χ3n) is 8.16. The van der Waals surface area contributed by atoms with Crippen LogP contribution in [0.3, 0.4) is 0 Å². The molecule has 0 radical (unpaired) electrons. The Bertz CT molecular complexity index is 1980. The summed E-state index contributed by atoms with van der Waals surface area (Å²) >= 11 is 0. The molecule has 13 heteroatoms. The standard InChI is InChI=1S/C34H35N3O8S2/c1-23-31(29(44-33(39)35-22-46(40)41)10-6-9-24-7-4-3-5-8-24)32(45-36-23)27-13-11-25(12-14-27)26-15-17-28(18-16-26)34(19-20-34)21-30(38)37-47(2,42)43/h3-5,7-8,11-18,22,29H,6,9-10,19-21H2,1-2H3,(H,35,39)(H,37,38). The van der Waals surface area contributed by atoms with Crippen molar-refractivity contribution in [1.29, 1.82) is 0 Å². The van der Waals surface area contributed by atoms with E-state index in [9.17, 15) is 26.4 Å². The average molecular weight is 678 g/mol. The summed E-state index contributed by atoms with van der Waals surface area (Å²) in [5.41, 5.74) is 6.17. The minimum Gasteiger partial charge on any atom is -0.441 e. The van der Waals surface area contributed by atoms with Gasteiger partial charge in [0.25, 0.3) is 0 Å². The van der Waals surface area contributed by atoms with Crippen LogP contribution in [0.25, 0.3) is 22.5 Å². The average Bonchev–Trinajstić information content (AvgIpc) is 3.71. The van der Waals surface area contributed by atoms with Crippen molar-refractivity contribution in [1.82, 2.24) is 15.2 Å². The maximum atomic E-state index is 12.5. The van der Waals surface area contributed by atoms with Gasteiger partial charge in [0.1, 0.15) is 11.6 Å². The van der Waals surface area contributed by atoms with Crippen molar-refractivity contribution in [2.45, 2.75) is 57.0 Å². The third kappa shape index (κ3) is 8.95. The summed E-state index contributed by atoms with van der Waals surface area (Å²) in [6, 6.07) is 25.5. The number of nitrogens with one attached hydrogen (secondary N) is 2. The molecule has 5 rings (SSSR count). The lowest BCUT2D eigenvalue weighted by Gasteiger charge is -2.18. The second-order valence-corrected chi connectivity index (χ2v) is 14.2. The number of carbonyl (C=O) groups excluding carboxylic acids is 2. The quantitative estimate of drug-likeness (QED) is 0.180. The van der Waals surface area contributed by atoms with E-state index in [1.54, 1.807) is 6.92 Å². The second kappa shape index (κ2) is 14.3. The first-order valence-electron chi connectivity index (χ1n) is 15.0. The van der Waals surface area contributed by atoms with Gasteiger partial charge in [0.05, 0.1) is 17.5 Å². The highest BCUT2D eigenvalue weighted by atomic mass is 32.2. The summed E-state index contributed by atoms with van der Waals surface area (Å²) < 4.78 is 58.3. The minimum atomic E-state index is -3.61. The predicted molar refractivity (Wildman–Crippen MR) is 177 cm³/mol. The SMILES string of the molecule is Cc1noc(-c2ccc(-c3ccc(C4(CC(=O)NS(C)(=O)=O)CC4)cc3)cc2)c1C(CCCc1ccccc1)OC(=O)NC=S(=O)=O. The zero-order valence-electron chi connectivity index (χ0n) is 25.9. The van der Waals surface area contributed by atoms with Gasteiger partial charge in [-0.15, -0.1) is 0 Å². The Labute approximate surface area is 274 Å². The fourth-order valence-electron chi connectivity index (χ4n) is 5.72. The molecule has 1 fully saturated rings. The Hall–Kier alpha value is -4.75. The Balaban J connectivity index is 1.33. The number of rotatable bonds is 13. The largest absolute Gasteiger partial charge is 0.441 e. The monoisotopic (exact) mass is 677 g/mol. The Kier molecular flexibility index (Phi) is 10.3. The van der Waals surface area contributed by atoms with E-state index in [1.165, 1.54) is 0 Å². The molecule has 0 aliphatic heterocycles. The van der Waals surface area contributed by atoms with E-state index in [1.807, 2.05) is 78.9 Å². The molecule has 0 spiro atoms. The van der Waals surface area contributed by atoms with Gasteiger partial charge >= 0.3 is 6.09 Å². The van der Waals surface area contributed by atoms with Crippen molar-refractivity contribution in [2.24, 2.45) is 0 Å². The van der Waals surface area contributed by atoms with Gasteiger partial charge in [-0.25, -0.2) is 13.2 Å². The van der Waals surface area contributed by atoms with Gasteiger partial charge in [-0.05, 0) is 61.3 Å². The van der Waals surface area contributed by atoms with Crippen molar-refractivity contribution >= 4 is 37.8 Å². The fourth-order valence-corrected chi connectivity index (χ4v) is 6.40. The summed E-state index contributed by atoms with van der Waals surface area (Å²) in [7, 11) is -6.19. The molecular weight excluding hydrogens is 643 g/mol. The number of carbonyl (C=O) groups is 2. The summed E-state index contributed by atoms with van der Waals surface area (Å²) in [5, 5.41) is 6.29. The molecule has 246 valence electrons. The van der Waals surface area contributed by atoms with E-state index in [0.29, 0.717) is 35.4 Å². The number of amides is 2. The lowest BCUT2D eigenvalue weighted by molar-refractivity contribution is -0.119. The molecule has 2 N–H and O–H groups in total. The van der Waals surface area contributed by atoms with Crippen molar-refractivity contribution in [3.8, 4) is 22.5 Å². The van der Waals surface area contributed by atoms with E-state index in [2.05, 4.69) is 15.2 Å². The molecule has 1 atom stereocenters. The van der Waals surface area contributed by atoms with E-state index < -0.39 is 38.4 Å². The number of hydrogen-bond donors (Lipinski definition) is 2. The molecule has 1 aliphatic carbocycles. The summed E-state index contributed by atoms with van der Waals surface area (Å²) in [5.74, 6) is -0.0605. The number of aromatic nitrogens is 1. The van der Waals surface area contributed by atoms with Gasteiger partial charge < -0.3 is 9.26 Å². The van der Waals surface area contributed by atoms with E-state index in [0.717, 1.165) is 53.3 Å². The van der Waals surface area contributed by atoms with Gasteiger partial charge in [-0.3, -0.25) is 14.8 Å². The number of benzene rings is 3. The highest BCUT2D eigenvalue weighted by Gasteiger charge is 2.46. The number of hydrogen-bond acceptors (Lipinski definition) is 9. The van der Waals surface area contributed by atoms with Gasteiger partial charge in [0, 0.05) is 17.4 Å². The van der Waals surface area contributed by atoms with E-state index in [4.69, 9.17) is 9.26 Å². The van der Waals surface area contributed by atoms with Crippen LogP contribution in [0, 0.1) is 6.92 Å². The van der Waals surface area contributed by atoms with Crippen LogP contribution in [0.2, 0.25) is 0 Å². The topological polar surface area (TPSA) is 162 Å². The fraction of sp³-hybridized carbons (Fsp3) is 0.294. The first-order chi connectivity index (χ1) is 22.4. The molecule has 3 aromatic carbocycles. The van der Waals surface area contributed by atoms with Crippen LogP contribution in [0.1, 0.15) is 60.6 Å². The smallest absolute Gasteiger partial charge is 0.412 e. The van der Waals surface area contributed by atoms with Crippen LogP contribution >= 0.6 is 0 Å². The molecule has 1 unspecified atom stereocenters. The normalized spacial score (nSPS) is 14.1. The Morgan fingerprint density at radius 1 is 0.979 bits per heavy atom. The first kappa shape index (κ1) is 33.6. The molecule has 1 heterocycles. The predicted octanol–water partition coefficient (Wildman–Crippen LogP) is 5.24. The van der Waals surface area contributed by atoms with E-state index in [-0.39, 0.29) is 11.8 Å². The molecule has 1 aromatic heterocycles. The van der Waals surface area contributed by atoms with Crippen LogP contribution in [-0.4, -0.2) is 45.7 Å². The minimum absolute atomic E-state index is 0.113. The highest BCUT2D eigenvalue weighted by molar-refractivity contribution is 7.89. The molecule has 47 heavy (non-hydrogen) atoms. The zero-order valence-corrected chi connectivity index (χ0v) is 27.6. The van der Waals surface area contributed by atoms with Crippen LogP contribution in [0.5, 0.6) is 0 Å². The molecular formula is C34H35N3O8S2. The maximum absolute atomic E-state index is 12.5. The second-order valence-electron chi connectivity index (χ2n) is 11.7. The van der Waals surface area contributed by atoms with Crippen molar-refractivity contribution < 1.29 is 35.7 Å². The van der Waals surface area contributed by atoms with E-state index >= 15 is 0 Å².